The van der Waals surface area contributed by atoms with E-state index in [-0.39, 0.29) is 23.7 Å². The highest BCUT2D eigenvalue weighted by Gasteiger charge is 2.32. The van der Waals surface area contributed by atoms with Crippen molar-refractivity contribution in [3.63, 3.8) is 0 Å². The molecular formula is C21H26ClN3O3. The smallest absolute Gasteiger partial charge is 0.310 e. The molecule has 28 heavy (non-hydrogen) atoms. The molecule has 0 saturated carbocycles. The molecule has 150 valence electrons. The van der Waals surface area contributed by atoms with Crippen LogP contribution in [0.5, 0.6) is 0 Å². The summed E-state index contributed by atoms with van der Waals surface area (Å²) in [5.41, 5.74) is 2.23. The van der Waals surface area contributed by atoms with Gasteiger partial charge in [0, 0.05) is 18.1 Å². The Labute approximate surface area is 170 Å². The Hall–Kier alpha value is -2.34. The first-order valence-corrected chi connectivity index (χ1v) is 10.1. The van der Waals surface area contributed by atoms with Crippen molar-refractivity contribution in [2.75, 3.05) is 19.7 Å². The van der Waals surface area contributed by atoms with E-state index in [0.29, 0.717) is 30.3 Å². The first-order chi connectivity index (χ1) is 13.4. The maximum absolute atomic E-state index is 13.3. The number of halogens is 1. The Balaban J connectivity index is 1.89. The number of likely N-dealkylation sites (tertiary alicyclic amines) is 1. The first kappa shape index (κ1) is 20.4. The van der Waals surface area contributed by atoms with Crippen LogP contribution in [0, 0.1) is 5.92 Å². The molecule has 0 aliphatic carbocycles. The highest BCUT2D eigenvalue weighted by Crippen LogP contribution is 2.27. The number of amides is 1. The number of nitrogens with zero attached hydrogens (tertiary/aromatic N) is 3. The fourth-order valence-corrected chi connectivity index (χ4v) is 3.86. The van der Waals surface area contributed by atoms with E-state index in [9.17, 15) is 9.59 Å². The lowest BCUT2D eigenvalue weighted by molar-refractivity contribution is -0.149. The lowest BCUT2D eigenvalue weighted by Crippen LogP contribution is -2.43. The van der Waals surface area contributed by atoms with Crippen molar-refractivity contribution in [3.05, 3.63) is 46.7 Å². The van der Waals surface area contributed by atoms with Gasteiger partial charge in [-0.15, -0.1) is 0 Å². The highest BCUT2D eigenvalue weighted by atomic mass is 35.5. The van der Waals surface area contributed by atoms with Crippen LogP contribution in [0.3, 0.4) is 0 Å². The van der Waals surface area contributed by atoms with Crippen LogP contribution in [0.2, 0.25) is 5.02 Å². The molecule has 1 aromatic heterocycles. The number of hydrogen-bond donors (Lipinski definition) is 0. The molecular weight excluding hydrogens is 378 g/mol. The Morgan fingerprint density at radius 1 is 1.36 bits per heavy atom. The fourth-order valence-electron chi connectivity index (χ4n) is 3.68. The average Bonchev–Trinajstić information content (AvgIpc) is 3.13. The number of carbonyl (C=O) groups excluding carboxylic acids is 2. The van der Waals surface area contributed by atoms with Crippen LogP contribution in [0.15, 0.2) is 30.5 Å². The molecule has 2 aromatic rings. The van der Waals surface area contributed by atoms with Crippen molar-refractivity contribution < 1.29 is 14.3 Å². The maximum atomic E-state index is 13.3. The second kappa shape index (κ2) is 8.78. The van der Waals surface area contributed by atoms with E-state index in [1.807, 2.05) is 32.0 Å². The Kier molecular flexibility index (Phi) is 6.39. The SMILES string of the molecule is CCOC(=O)C1CCCN(C(=O)c2cnn(-c3cccc(Cl)c3)c2C(C)C)C1. The molecule has 6 nitrogen and oxygen atoms in total. The van der Waals surface area contributed by atoms with E-state index in [2.05, 4.69) is 5.10 Å². The number of benzene rings is 1. The Morgan fingerprint density at radius 3 is 2.82 bits per heavy atom. The number of ether oxygens (including phenoxy) is 1. The molecule has 1 aliphatic heterocycles. The van der Waals surface area contributed by atoms with E-state index >= 15 is 0 Å². The van der Waals surface area contributed by atoms with Gasteiger partial charge in [-0.25, -0.2) is 4.68 Å². The summed E-state index contributed by atoms with van der Waals surface area (Å²) in [6.07, 6.45) is 3.16. The predicted molar refractivity (Wildman–Crippen MR) is 108 cm³/mol. The summed E-state index contributed by atoms with van der Waals surface area (Å²) in [7, 11) is 0. The summed E-state index contributed by atoms with van der Waals surface area (Å²) < 4.78 is 6.92. The molecule has 0 N–H and O–H groups in total. The van der Waals surface area contributed by atoms with Crippen molar-refractivity contribution in [1.82, 2.24) is 14.7 Å². The van der Waals surface area contributed by atoms with E-state index in [4.69, 9.17) is 16.3 Å². The zero-order valence-electron chi connectivity index (χ0n) is 16.5. The van der Waals surface area contributed by atoms with Crippen molar-refractivity contribution in [2.24, 2.45) is 5.92 Å². The zero-order valence-corrected chi connectivity index (χ0v) is 17.3. The zero-order chi connectivity index (χ0) is 20.3. The number of carbonyl (C=O) groups is 2. The van der Waals surface area contributed by atoms with Crippen LogP contribution < -0.4 is 0 Å². The van der Waals surface area contributed by atoms with E-state index in [0.717, 1.165) is 24.2 Å². The molecule has 1 unspecified atom stereocenters. The molecule has 2 heterocycles. The third-order valence-electron chi connectivity index (χ3n) is 4.97. The van der Waals surface area contributed by atoms with Crippen LogP contribution in [-0.2, 0) is 9.53 Å². The van der Waals surface area contributed by atoms with Crippen LogP contribution in [0.4, 0.5) is 0 Å². The third kappa shape index (κ3) is 4.22. The first-order valence-electron chi connectivity index (χ1n) is 9.72. The number of esters is 1. The average molecular weight is 404 g/mol. The number of hydrogen-bond acceptors (Lipinski definition) is 4. The lowest BCUT2D eigenvalue weighted by Gasteiger charge is -2.31. The van der Waals surface area contributed by atoms with Gasteiger partial charge in [0.25, 0.3) is 5.91 Å². The highest BCUT2D eigenvalue weighted by molar-refractivity contribution is 6.30. The minimum atomic E-state index is -0.261. The summed E-state index contributed by atoms with van der Waals surface area (Å²) in [5, 5.41) is 5.08. The normalized spacial score (nSPS) is 17.0. The van der Waals surface area contributed by atoms with Gasteiger partial charge < -0.3 is 9.64 Å². The minimum absolute atomic E-state index is 0.0890. The molecule has 1 aromatic carbocycles. The molecule has 1 amide bonds. The van der Waals surface area contributed by atoms with Crippen molar-refractivity contribution in [2.45, 2.75) is 39.5 Å². The summed E-state index contributed by atoms with van der Waals surface area (Å²) in [4.78, 5) is 27.1. The molecule has 0 bridgehead atoms. The molecule has 7 heteroatoms. The van der Waals surface area contributed by atoms with Crippen LogP contribution in [0.25, 0.3) is 5.69 Å². The van der Waals surface area contributed by atoms with Crippen molar-refractivity contribution in [1.29, 1.82) is 0 Å². The summed E-state index contributed by atoms with van der Waals surface area (Å²) in [5.74, 6) is -0.487. The lowest BCUT2D eigenvalue weighted by atomic mass is 9.97. The quantitative estimate of drug-likeness (QED) is 0.706. The Bertz CT molecular complexity index is 862. The minimum Gasteiger partial charge on any atom is -0.466 e. The van der Waals surface area contributed by atoms with E-state index in [1.165, 1.54) is 0 Å². The number of piperidine rings is 1. The molecule has 1 fully saturated rings. The van der Waals surface area contributed by atoms with Gasteiger partial charge in [-0.05, 0) is 43.9 Å². The standard InChI is InChI=1S/C21H26ClN3O3/c1-4-28-21(27)15-7-6-10-24(13-15)20(26)18-12-23-25(19(18)14(2)3)17-9-5-8-16(22)11-17/h5,8-9,11-12,14-15H,4,6-7,10,13H2,1-3H3. The largest absolute Gasteiger partial charge is 0.466 e. The maximum Gasteiger partial charge on any atom is 0.310 e. The molecule has 0 radical (unpaired) electrons. The van der Waals surface area contributed by atoms with Gasteiger partial charge in [-0.1, -0.05) is 31.5 Å². The fraction of sp³-hybridized carbons (Fsp3) is 0.476. The van der Waals surface area contributed by atoms with Gasteiger partial charge >= 0.3 is 5.97 Å². The van der Waals surface area contributed by atoms with Crippen LogP contribution in [0.1, 0.15) is 55.6 Å². The monoisotopic (exact) mass is 403 g/mol. The van der Waals surface area contributed by atoms with E-state index < -0.39 is 0 Å². The summed E-state index contributed by atoms with van der Waals surface area (Å²) in [6, 6.07) is 7.40. The second-order valence-corrected chi connectivity index (χ2v) is 7.77. The molecule has 0 spiro atoms. The topological polar surface area (TPSA) is 64.4 Å². The van der Waals surface area contributed by atoms with Crippen LogP contribution in [-0.4, -0.2) is 46.3 Å². The molecule has 1 aliphatic rings. The second-order valence-electron chi connectivity index (χ2n) is 7.33. The number of aromatic nitrogens is 2. The van der Waals surface area contributed by atoms with Gasteiger partial charge in [-0.2, -0.15) is 5.10 Å². The Morgan fingerprint density at radius 2 is 2.14 bits per heavy atom. The molecule has 1 atom stereocenters. The summed E-state index contributed by atoms with van der Waals surface area (Å²) in [6.45, 7) is 7.24. The molecule has 3 rings (SSSR count). The third-order valence-corrected chi connectivity index (χ3v) is 5.20. The van der Waals surface area contributed by atoms with Gasteiger partial charge in [0.15, 0.2) is 0 Å². The van der Waals surface area contributed by atoms with Crippen molar-refractivity contribution >= 4 is 23.5 Å². The van der Waals surface area contributed by atoms with E-state index in [1.54, 1.807) is 28.8 Å². The van der Waals surface area contributed by atoms with Gasteiger partial charge in [0.1, 0.15) is 0 Å². The summed E-state index contributed by atoms with van der Waals surface area (Å²) >= 11 is 6.13. The van der Waals surface area contributed by atoms with Crippen LogP contribution >= 0.6 is 11.6 Å². The predicted octanol–water partition coefficient (Wildman–Crippen LogP) is 4.06. The van der Waals surface area contributed by atoms with Gasteiger partial charge in [0.2, 0.25) is 0 Å². The van der Waals surface area contributed by atoms with Crippen molar-refractivity contribution in [3.8, 4) is 5.69 Å². The van der Waals surface area contributed by atoms with Gasteiger partial charge in [-0.3, -0.25) is 9.59 Å². The molecule has 1 saturated heterocycles. The number of rotatable bonds is 5. The van der Waals surface area contributed by atoms with Gasteiger partial charge in [0.05, 0.1) is 35.7 Å².